The molecule has 0 aliphatic carbocycles. The number of likely N-dealkylation sites (tertiary alicyclic amines) is 1. The SMILES string of the molecule is Cc1cc(C)nc(NC(=S)N2CCC(Nc3ccc(C(F)(F)F)cc3)CC2)c1. The molecule has 2 heterocycles. The van der Waals surface area contributed by atoms with Crippen LogP contribution in [0.25, 0.3) is 0 Å². The van der Waals surface area contributed by atoms with Crippen LogP contribution in [-0.4, -0.2) is 34.1 Å². The molecule has 1 aliphatic rings. The van der Waals surface area contributed by atoms with Crippen molar-refractivity contribution in [2.24, 2.45) is 0 Å². The molecule has 2 N–H and O–H groups in total. The van der Waals surface area contributed by atoms with Crippen molar-refractivity contribution in [2.45, 2.75) is 38.9 Å². The number of hydrogen-bond donors (Lipinski definition) is 2. The number of aryl methyl sites for hydroxylation is 2. The fourth-order valence-electron chi connectivity index (χ4n) is 3.31. The van der Waals surface area contributed by atoms with E-state index in [1.165, 1.54) is 12.1 Å². The molecule has 0 spiro atoms. The third-order valence-electron chi connectivity index (χ3n) is 4.70. The Kier molecular flexibility index (Phi) is 6.07. The summed E-state index contributed by atoms with van der Waals surface area (Å²) in [6.07, 6.45) is -2.61. The van der Waals surface area contributed by atoms with Gasteiger partial charge >= 0.3 is 6.18 Å². The van der Waals surface area contributed by atoms with E-state index < -0.39 is 11.7 Å². The van der Waals surface area contributed by atoms with Gasteiger partial charge in [0, 0.05) is 30.5 Å². The molecule has 1 aromatic heterocycles. The van der Waals surface area contributed by atoms with E-state index in [1.807, 2.05) is 26.0 Å². The summed E-state index contributed by atoms with van der Waals surface area (Å²) in [5.74, 6) is 0.743. The minimum Gasteiger partial charge on any atom is -0.382 e. The van der Waals surface area contributed by atoms with Crippen LogP contribution in [0.5, 0.6) is 0 Å². The van der Waals surface area contributed by atoms with Gasteiger partial charge in [-0.1, -0.05) is 0 Å². The molecule has 0 radical (unpaired) electrons. The van der Waals surface area contributed by atoms with Crippen molar-refractivity contribution in [3.8, 4) is 0 Å². The Balaban J connectivity index is 1.50. The van der Waals surface area contributed by atoms with Gasteiger partial charge in [-0.05, 0) is 80.9 Å². The number of nitrogens with one attached hydrogen (secondary N) is 2. The van der Waals surface area contributed by atoms with Crippen LogP contribution in [0.2, 0.25) is 0 Å². The second-order valence-corrected chi connectivity index (χ2v) is 7.47. The second kappa shape index (κ2) is 8.34. The number of nitrogens with zero attached hydrogens (tertiary/aromatic N) is 2. The van der Waals surface area contributed by atoms with Crippen molar-refractivity contribution in [3.05, 3.63) is 53.2 Å². The first-order valence-electron chi connectivity index (χ1n) is 9.16. The van der Waals surface area contributed by atoms with Crippen molar-refractivity contribution in [1.29, 1.82) is 0 Å². The number of aromatic nitrogens is 1. The highest BCUT2D eigenvalue weighted by molar-refractivity contribution is 7.80. The van der Waals surface area contributed by atoms with E-state index >= 15 is 0 Å². The smallest absolute Gasteiger partial charge is 0.382 e. The third-order valence-corrected chi connectivity index (χ3v) is 5.06. The lowest BCUT2D eigenvalue weighted by molar-refractivity contribution is -0.137. The Bertz CT molecular complexity index is 808. The summed E-state index contributed by atoms with van der Waals surface area (Å²) >= 11 is 5.51. The van der Waals surface area contributed by atoms with Crippen molar-refractivity contribution in [1.82, 2.24) is 9.88 Å². The van der Waals surface area contributed by atoms with Crippen LogP contribution in [0.3, 0.4) is 0 Å². The van der Waals surface area contributed by atoms with Crippen molar-refractivity contribution in [2.75, 3.05) is 23.7 Å². The Morgan fingerprint density at radius 2 is 1.75 bits per heavy atom. The summed E-state index contributed by atoms with van der Waals surface area (Å²) in [5.41, 5.74) is 2.12. The quantitative estimate of drug-likeness (QED) is 0.700. The lowest BCUT2D eigenvalue weighted by Gasteiger charge is -2.34. The largest absolute Gasteiger partial charge is 0.416 e. The Morgan fingerprint density at radius 3 is 2.32 bits per heavy atom. The first-order valence-corrected chi connectivity index (χ1v) is 9.56. The molecule has 1 aliphatic heterocycles. The normalized spacial score (nSPS) is 15.4. The molecule has 3 rings (SSSR count). The highest BCUT2D eigenvalue weighted by atomic mass is 32.1. The minimum atomic E-state index is -4.31. The van der Waals surface area contributed by atoms with Crippen molar-refractivity contribution >= 4 is 28.8 Å². The number of halogens is 3. The summed E-state index contributed by atoms with van der Waals surface area (Å²) in [4.78, 5) is 6.54. The average Bonchev–Trinajstić information content (AvgIpc) is 2.61. The molecule has 1 aromatic carbocycles. The molecule has 0 unspecified atom stereocenters. The molecule has 0 amide bonds. The van der Waals surface area contributed by atoms with Gasteiger partial charge in [0.1, 0.15) is 5.82 Å². The molecular weight excluding hydrogens is 385 g/mol. The van der Waals surface area contributed by atoms with Gasteiger partial charge in [-0.25, -0.2) is 4.98 Å². The van der Waals surface area contributed by atoms with Crippen LogP contribution in [0.4, 0.5) is 24.7 Å². The number of pyridine rings is 1. The van der Waals surface area contributed by atoms with Crippen molar-refractivity contribution in [3.63, 3.8) is 0 Å². The van der Waals surface area contributed by atoms with E-state index in [0.29, 0.717) is 10.8 Å². The number of thiocarbonyl (C=S) groups is 1. The molecule has 0 saturated carbocycles. The molecule has 28 heavy (non-hydrogen) atoms. The number of alkyl halides is 3. The summed E-state index contributed by atoms with van der Waals surface area (Å²) < 4.78 is 37.9. The van der Waals surface area contributed by atoms with E-state index in [2.05, 4.69) is 20.5 Å². The number of anilines is 2. The zero-order valence-electron chi connectivity index (χ0n) is 15.8. The molecule has 2 aromatic rings. The van der Waals surface area contributed by atoms with Gasteiger partial charge < -0.3 is 15.5 Å². The predicted octanol–water partition coefficient (Wildman–Crippen LogP) is 4.99. The van der Waals surface area contributed by atoms with E-state index in [-0.39, 0.29) is 6.04 Å². The van der Waals surface area contributed by atoms with Gasteiger partial charge in [0.2, 0.25) is 0 Å². The predicted molar refractivity (Wildman–Crippen MR) is 110 cm³/mol. The van der Waals surface area contributed by atoms with Crippen LogP contribution >= 0.6 is 12.2 Å². The monoisotopic (exact) mass is 408 g/mol. The lowest BCUT2D eigenvalue weighted by atomic mass is 10.0. The van der Waals surface area contributed by atoms with Gasteiger partial charge in [0.05, 0.1) is 5.56 Å². The summed E-state index contributed by atoms with van der Waals surface area (Å²) in [7, 11) is 0. The maximum atomic E-state index is 12.6. The van der Waals surface area contributed by atoms with Crippen LogP contribution in [-0.2, 0) is 6.18 Å². The molecular formula is C20H23F3N4S. The van der Waals surface area contributed by atoms with Gasteiger partial charge in [0.15, 0.2) is 5.11 Å². The summed E-state index contributed by atoms with van der Waals surface area (Å²) in [6, 6.07) is 9.33. The van der Waals surface area contributed by atoms with Gasteiger partial charge in [0.25, 0.3) is 0 Å². The Labute approximate surface area is 168 Å². The van der Waals surface area contributed by atoms with Crippen molar-refractivity contribution < 1.29 is 13.2 Å². The summed E-state index contributed by atoms with van der Waals surface area (Å²) in [6.45, 7) is 5.50. The van der Waals surface area contributed by atoms with E-state index in [1.54, 1.807) is 0 Å². The lowest BCUT2D eigenvalue weighted by Crippen LogP contribution is -2.44. The second-order valence-electron chi connectivity index (χ2n) is 7.08. The van der Waals surface area contributed by atoms with Crippen LogP contribution in [0, 0.1) is 13.8 Å². The number of piperidine rings is 1. The highest BCUT2D eigenvalue weighted by Crippen LogP contribution is 2.30. The van der Waals surface area contributed by atoms with Gasteiger partial charge in [-0.3, -0.25) is 0 Å². The molecule has 8 heteroatoms. The molecule has 0 bridgehead atoms. The van der Waals surface area contributed by atoms with Gasteiger partial charge in [-0.15, -0.1) is 0 Å². The first kappa shape index (κ1) is 20.4. The van der Waals surface area contributed by atoms with Crippen LogP contribution in [0.15, 0.2) is 36.4 Å². The fourth-order valence-corrected chi connectivity index (χ4v) is 3.60. The van der Waals surface area contributed by atoms with Gasteiger partial charge in [-0.2, -0.15) is 13.2 Å². The number of benzene rings is 1. The number of rotatable bonds is 3. The van der Waals surface area contributed by atoms with Crippen LogP contribution < -0.4 is 10.6 Å². The van der Waals surface area contributed by atoms with E-state index in [9.17, 15) is 13.2 Å². The highest BCUT2D eigenvalue weighted by Gasteiger charge is 2.30. The van der Waals surface area contributed by atoms with E-state index in [0.717, 1.165) is 55.1 Å². The summed E-state index contributed by atoms with van der Waals surface area (Å²) in [5, 5.41) is 7.16. The zero-order chi connectivity index (χ0) is 20.3. The maximum Gasteiger partial charge on any atom is 0.416 e. The first-order chi connectivity index (χ1) is 13.2. The van der Waals surface area contributed by atoms with E-state index in [4.69, 9.17) is 12.2 Å². The zero-order valence-corrected chi connectivity index (χ0v) is 16.6. The third kappa shape index (κ3) is 5.34. The molecule has 0 atom stereocenters. The molecule has 150 valence electrons. The maximum absolute atomic E-state index is 12.6. The Morgan fingerprint density at radius 1 is 1.11 bits per heavy atom. The number of hydrogen-bond acceptors (Lipinski definition) is 3. The standard InChI is InChI=1S/C20H23F3N4S/c1-13-11-14(2)24-18(12-13)26-19(28)27-9-7-17(8-10-27)25-16-5-3-15(4-6-16)20(21,22)23/h3-6,11-12,17,25H,7-10H2,1-2H3,(H,24,26,28). The Hall–Kier alpha value is -2.35. The topological polar surface area (TPSA) is 40.2 Å². The molecule has 1 fully saturated rings. The fraction of sp³-hybridized carbons (Fsp3) is 0.400. The minimum absolute atomic E-state index is 0.204. The molecule has 1 saturated heterocycles. The van der Waals surface area contributed by atoms with Crippen LogP contribution in [0.1, 0.15) is 29.7 Å². The average molecular weight is 408 g/mol. The molecule has 4 nitrogen and oxygen atoms in total.